The standard InChI is InChI=1S/C13H17N3O3S/c1-9-5-16-10(8-20-13(16)14-9)4-12(18)15-2-3-19-7-11(15)6-17/h5,8,11,17H,2-4,6-7H2,1H3. The number of aromatic nitrogens is 2. The molecule has 108 valence electrons. The van der Waals surface area contributed by atoms with Crippen LogP contribution in [0.15, 0.2) is 11.6 Å². The molecule has 1 fully saturated rings. The quantitative estimate of drug-likeness (QED) is 0.893. The maximum atomic E-state index is 12.4. The average Bonchev–Trinajstić information content (AvgIpc) is 2.99. The van der Waals surface area contributed by atoms with E-state index in [-0.39, 0.29) is 18.6 Å². The van der Waals surface area contributed by atoms with Crippen LogP contribution in [0.1, 0.15) is 11.4 Å². The van der Waals surface area contributed by atoms with Crippen molar-refractivity contribution < 1.29 is 14.6 Å². The van der Waals surface area contributed by atoms with Gasteiger partial charge in [0.25, 0.3) is 0 Å². The van der Waals surface area contributed by atoms with E-state index >= 15 is 0 Å². The number of carbonyl (C=O) groups is 1. The summed E-state index contributed by atoms with van der Waals surface area (Å²) in [5.41, 5.74) is 1.89. The molecule has 0 spiro atoms. The van der Waals surface area contributed by atoms with Crippen LogP contribution in [0.2, 0.25) is 0 Å². The molecular weight excluding hydrogens is 278 g/mol. The summed E-state index contributed by atoms with van der Waals surface area (Å²) >= 11 is 1.54. The van der Waals surface area contributed by atoms with E-state index in [4.69, 9.17) is 4.74 Å². The highest BCUT2D eigenvalue weighted by Crippen LogP contribution is 2.18. The minimum atomic E-state index is -0.227. The molecule has 1 N–H and O–H groups in total. The Morgan fingerprint density at radius 3 is 3.30 bits per heavy atom. The van der Waals surface area contributed by atoms with Crippen molar-refractivity contribution in [3.05, 3.63) is 23.0 Å². The predicted molar refractivity (Wildman–Crippen MR) is 74.9 cm³/mol. The predicted octanol–water partition coefficient (Wildman–Crippen LogP) is 0.466. The smallest absolute Gasteiger partial charge is 0.229 e. The summed E-state index contributed by atoms with van der Waals surface area (Å²) in [4.78, 5) is 19.4. The lowest BCUT2D eigenvalue weighted by molar-refractivity contribution is -0.140. The number of fused-ring (bicyclic) bond motifs is 1. The second kappa shape index (κ2) is 5.51. The number of imidazole rings is 1. The van der Waals surface area contributed by atoms with Crippen LogP contribution in [-0.2, 0) is 16.0 Å². The first kappa shape index (κ1) is 13.5. The third-order valence-corrected chi connectivity index (χ3v) is 4.38. The average molecular weight is 295 g/mol. The van der Waals surface area contributed by atoms with Crippen molar-refractivity contribution >= 4 is 22.2 Å². The van der Waals surface area contributed by atoms with Gasteiger partial charge in [-0.05, 0) is 6.92 Å². The van der Waals surface area contributed by atoms with E-state index in [1.165, 1.54) is 11.3 Å². The second-order valence-corrected chi connectivity index (χ2v) is 5.77. The Labute approximate surface area is 120 Å². The number of ether oxygens (including phenoxy) is 1. The van der Waals surface area contributed by atoms with Gasteiger partial charge in [-0.3, -0.25) is 9.20 Å². The van der Waals surface area contributed by atoms with E-state index in [0.717, 1.165) is 16.3 Å². The van der Waals surface area contributed by atoms with Crippen molar-refractivity contribution in [2.45, 2.75) is 19.4 Å². The maximum Gasteiger partial charge on any atom is 0.229 e. The third-order valence-electron chi connectivity index (χ3n) is 3.49. The van der Waals surface area contributed by atoms with Gasteiger partial charge in [0.2, 0.25) is 5.91 Å². The number of aliphatic hydroxyl groups excluding tert-OH is 1. The lowest BCUT2D eigenvalue weighted by Gasteiger charge is -2.34. The van der Waals surface area contributed by atoms with E-state index in [1.807, 2.05) is 22.9 Å². The molecule has 3 rings (SSSR count). The lowest BCUT2D eigenvalue weighted by Crippen LogP contribution is -2.51. The molecule has 7 heteroatoms. The van der Waals surface area contributed by atoms with E-state index in [9.17, 15) is 9.90 Å². The number of hydrogen-bond acceptors (Lipinski definition) is 5. The SMILES string of the molecule is Cc1cn2c(CC(=O)N3CCOCC3CO)csc2n1. The highest BCUT2D eigenvalue weighted by molar-refractivity contribution is 7.15. The van der Waals surface area contributed by atoms with Gasteiger partial charge in [0.05, 0.1) is 38.0 Å². The van der Waals surface area contributed by atoms with Crippen molar-refractivity contribution in [2.24, 2.45) is 0 Å². The number of morpholine rings is 1. The molecule has 6 nitrogen and oxygen atoms in total. The second-order valence-electron chi connectivity index (χ2n) is 4.94. The van der Waals surface area contributed by atoms with E-state index in [2.05, 4.69) is 4.98 Å². The van der Waals surface area contributed by atoms with E-state index in [1.54, 1.807) is 4.90 Å². The molecule has 1 aliphatic rings. The molecule has 1 unspecified atom stereocenters. The summed E-state index contributed by atoms with van der Waals surface area (Å²) in [6.45, 7) is 3.36. The minimum absolute atomic E-state index is 0.0263. The first-order valence-corrected chi connectivity index (χ1v) is 7.47. The fraction of sp³-hybridized carbons (Fsp3) is 0.538. The Morgan fingerprint density at radius 2 is 2.50 bits per heavy atom. The first-order chi connectivity index (χ1) is 9.69. The van der Waals surface area contributed by atoms with Crippen LogP contribution in [-0.4, -0.2) is 57.7 Å². The maximum absolute atomic E-state index is 12.4. The highest BCUT2D eigenvalue weighted by Gasteiger charge is 2.27. The summed E-state index contributed by atoms with van der Waals surface area (Å²) < 4.78 is 7.26. The van der Waals surface area contributed by atoms with Gasteiger partial charge >= 0.3 is 0 Å². The van der Waals surface area contributed by atoms with Gasteiger partial charge in [-0.2, -0.15) is 0 Å². The number of nitrogens with zero attached hydrogens (tertiary/aromatic N) is 3. The van der Waals surface area contributed by atoms with Gasteiger partial charge in [0, 0.05) is 23.8 Å². The number of amides is 1. The van der Waals surface area contributed by atoms with Crippen LogP contribution in [0.4, 0.5) is 0 Å². The van der Waals surface area contributed by atoms with Crippen molar-refractivity contribution in [1.82, 2.24) is 14.3 Å². The topological polar surface area (TPSA) is 67.1 Å². The zero-order valence-electron chi connectivity index (χ0n) is 11.3. The zero-order valence-corrected chi connectivity index (χ0v) is 12.1. The Hall–Kier alpha value is -1.44. The Bertz CT molecular complexity index is 621. The molecule has 0 aromatic carbocycles. The first-order valence-electron chi connectivity index (χ1n) is 6.59. The van der Waals surface area contributed by atoms with Gasteiger partial charge in [-0.25, -0.2) is 4.98 Å². The molecule has 1 saturated heterocycles. The number of carbonyl (C=O) groups excluding carboxylic acids is 1. The number of rotatable bonds is 3. The largest absolute Gasteiger partial charge is 0.394 e. The Balaban J connectivity index is 1.77. The summed E-state index contributed by atoms with van der Waals surface area (Å²) in [5, 5.41) is 11.3. The minimum Gasteiger partial charge on any atom is -0.394 e. The van der Waals surface area contributed by atoms with Crippen LogP contribution in [0.5, 0.6) is 0 Å². The summed E-state index contributed by atoms with van der Waals surface area (Å²) in [6.07, 6.45) is 2.27. The highest BCUT2D eigenvalue weighted by atomic mass is 32.1. The summed E-state index contributed by atoms with van der Waals surface area (Å²) in [5.74, 6) is 0.0263. The molecule has 0 radical (unpaired) electrons. The molecular formula is C13H17N3O3S. The molecule has 0 bridgehead atoms. The van der Waals surface area contributed by atoms with Crippen LogP contribution in [0.25, 0.3) is 4.96 Å². The summed E-state index contributed by atoms with van der Waals surface area (Å²) in [7, 11) is 0. The van der Waals surface area contributed by atoms with Crippen molar-refractivity contribution in [2.75, 3.05) is 26.4 Å². The van der Waals surface area contributed by atoms with Gasteiger partial charge in [0.15, 0.2) is 4.96 Å². The van der Waals surface area contributed by atoms with Crippen LogP contribution < -0.4 is 0 Å². The molecule has 1 atom stereocenters. The van der Waals surface area contributed by atoms with Gasteiger partial charge in [-0.1, -0.05) is 0 Å². The molecule has 1 aliphatic heterocycles. The summed E-state index contributed by atoms with van der Waals surface area (Å²) in [6, 6.07) is -0.227. The van der Waals surface area contributed by atoms with E-state index < -0.39 is 0 Å². The number of thiazole rings is 1. The van der Waals surface area contributed by atoms with Gasteiger partial charge < -0.3 is 14.7 Å². The molecule has 20 heavy (non-hydrogen) atoms. The zero-order chi connectivity index (χ0) is 14.1. The van der Waals surface area contributed by atoms with Gasteiger partial charge in [-0.15, -0.1) is 11.3 Å². The normalized spacial score (nSPS) is 19.7. The molecule has 2 aromatic heterocycles. The van der Waals surface area contributed by atoms with Crippen molar-refractivity contribution in [3.63, 3.8) is 0 Å². The van der Waals surface area contributed by atoms with Gasteiger partial charge in [0.1, 0.15) is 0 Å². The van der Waals surface area contributed by atoms with Crippen LogP contribution in [0, 0.1) is 6.92 Å². The van der Waals surface area contributed by atoms with Crippen molar-refractivity contribution in [3.8, 4) is 0 Å². The Morgan fingerprint density at radius 1 is 1.65 bits per heavy atom. The number of aliphatic hydroxyl groups is 1. The third kappa shape index (κ3) is 2.44. The fourth-order valence-corrected chi connectivity index (χ4v) is 3.38. The molecule has 3 heterocycles. The Kier molecular flexibility index (Phi) is 3.73. The fourth-order valence-electron chi connectivity index (χ4n) is 2.46. The van der Waals surface area contributed by atoms with Crippen molar-refractivity contribution in [1.29, 1.82) is 0 Å². The number of aryl methyl sites for hydroxylation is 1. The van der Waals surface area contributed by atoms with Crippen LogP contribution >= 0.6 is 11.3 Å². The molecule has 2 aromatic rings. The van der Waals surface area contributed by atoms with Crippen LogP contribution in [0.3, 0.4) is 0 Å². The lowest BCUT2D eigenvalue weighted by atomic mass is 10.2. The van der Waals surface area contributed by atoms with E-state index in [0.29, 0.717) is 26.2 Å². The monoisotopic (exact) mass is 295 g/mol. The number of hydrogen-bond donors (Lipinski definition) is 1. The molecule has 1 amide bonds. The molecule has 0 aliphatic carbocycles. The molecule has 0 saturated carbocycles.